The Labute approximate surface area is 95.8 Å². The van der Waals surface area contributed by atoms with Crippen LogP contribution in [0.1, 0.15) is 35.7 Å². The molecule has 1 aliphatic heterocycles. The van der Waals surface area contributed by atoms with Crippen molar-refractivity contribution >= 4 is 5.78 Å². The molecule has 0 unspecified atom stereocenters. The van der Waals surface area contributed by atoms with Crippen LogP contribution in [0.25, 0.3) is 0 Å². The first-order valence-electron chi connectivity index (χ1n) is 5.88. The normalized spacial score (nSPS) is 19.8. The molecule has 3 rings (SSSR count). The molecular formula is C15H15O+. The Morgan fingerprint density at radius 3 is 2.38 bits per heavy atom. The molecule has 1 aromatic rings. The van der Waals surface area contributed by atoms with Gasteiger partial charge in [0.2, 0.25) is 0 Å². The number of benzene rings is 1. The third-order valence-corrected chi connectivity index (χ3v) is 3.34. The second kappa shape index (κ2) is 3.75. The number of hydrogen-bond donors (Lipinski definition) is 0. The van der Waals surface area contributed by atoms with Crippen molar-refractivity contribution in [3.05, 3.63) is 59.4 Å². The first-order valence-corrected chi connectivity index (χ1v) is 5.88. The maximum atomic E-state index is 5.84. The van der Waals surface area contributed by atoms with Crippen molar-refractivity contribution < 1.29 is 4.42 Å². The van der Waals surface area contributed by atoms with E-state index in [9.17, 15) is 0 Å². The van der Waals surface area contributed by atoms with Crippen LogP contribution in [0.3, 0.4) is 0 Å². The van der Waals surface area contributed by atoms with Crippen LogP contribution in [0.15, 0.2) is 53.8 Å². The van der Waals surface area contributed by atoms with Gasteiger partial charge in [-0.3, -0.25) is 0 Å². The molecule has 0 N–H and O–H groups in total. The molecule has 16 heavy (non-hydrogen) atoms. The number of allylic oxidation sites excluding steroid dienone is 2. The number of rotatable bonds is 1. The summed E-state index contributed by atoms with van der Waals surface area (Å²) >= 11 is 0. The summed E-state index contributed by atoms with van der Waals surface area (Å²) in [6.45, 7) is 4.01. The minimum absolute atomic E-state index is 0.869. The number of carbonyl (C=O) groups excluding carboxylic acids is 1. The fraction of sp³-hybridized carbons (Fsp3) is 0.267. The second-order valence-corrected chi connectivity index (χ2v) is 4.38. The molecule has 1 nitrogen and oxygen atoms in total. The van der Waals surface area contributed by atoms with Crippen LogP contribution in [-0.2, 0) is 0 Å². The van der Waals surface area contributed by atoms with Crippen molar-refractivity contribution in [2.45, 2.75) is 25.7 Å². The van der Waals surface area contributed by atoms with Gasteiger partial charge in [-0.15, -0.1) is 0 Å². The van der Waals surface area contributed by atoms with Crippen molar-refractivity contribution in [1.82, 2.24) is 0 Å². The molecule has 0 atom stereocenters. The molecule has 0 radical (unpaired) electrons. The molecule has 0 saturated carbocycles. The molecular weight excluding hydrogens is 196 g/mol. The van der Waals surface area contributed by atoms with E-state index in [1.165, 1.54) is 29.6 Å². The zero-order valence-electron chi connectivity index (χ0n) is 9.33. The van der Waals surface area contributed by atoms with Gasteiger partial charge in [-0.1, -0.05) is 18.2 Å². The first kappa shape index (κ1) is 9.59. The van der Waals surface area contributed by atoms with Crippen molar-refractivity contribution in [3.8, 4) is 0 Å². The van der Waals surface area contributed by atoms with Gasteiger partial charge < -0.3 is 0 Å². The smallest absolute Gasteiger partial charge is 0.208 e. The van der Waals surface area contributed by atoms with Gasteiger partial charge in [0.05, 0.1) is 16.7 Å². The summed E-state index contributed by atoms with van der Waals surface area (Å²) in [7, 11) is 0. The van der Waals surface area contributed by atoms with E-state index >= 15 is 0 Å². The molecule has 1 heteroatoms. The Hall–Kier alpha value is -1.63. The van der Waals surface area contributed by atoms with Gasteiger partial charge in [0, 0.05) is 6.58 Å². The molecule has 0 saturated heterocycles. The van der Waals surface area contributed by atoms with Crippen molar-refractivity contribution in [2.75, 3.05) is 0 Å². The molecule has 0 aromatic heterocycles. The van der Waals surface area contributed by atoms with Crippen LogP contribution in [0.4, 0.5) is 0 Å². The molecule has 1 aromatic carbocycles. The van der Waals surface area contributed by atoms with Gasteiger partial charge in [0.15, 0.2) is 0 Å². The SMILES string of the molecule is C=C1[O+]=C(c2ccccc2)C2=C1CCCC2. The molecule has 1 heterocycles. The zero-order chi connectivity index (χ0) is 11.0. The van der Waals surface area contributed by atoms with E-state index in [1.807, 2.05) is 6.07 Å². The summed E-state index contributed by atoms with van der Waals surface area (Å²) in [4.78, 5) is 0. The van der Waals surface area contributed by atoms with Crippen LogP contribution in [0, 0.1) is 0 Å². The third kappa shape index (κ3) is 1.44. The average Bonchev–Trinajstić information content (AvgIpc) is 2.69. The molecule has 80 valence electrons. The van der Waals surface area contributed by atoms with Crippen molar-refractivity contribution in [3.63, 3.8) is 0 Å². The Kier molecular flexibility index (Phi) is 2.24. The predicted octanol–water partition coefficient (Wildman–Crippen LogP) is 3.80. The first-order chi connectivity index (χ1) is 7.86. The topological polar surface area (TPSA) is 11.3 Å². The van der Waals surface area contributed by atoms with Gasteiger partial charge in [-0.25, -0.2) is 4.42 Å². The van der Waals surface area contributed by atoms with Crippen LogP contribution in [0.2, 0.25) is 0 Å². The van der Waals surface area contributed by atoms with E-state index in [0.717, 1.165) is 24.4 Å². The largest absolute Gasteiger partial charge is 0.364 e. The lowest BCUT2D eigenvalue weighted by molar-refractivity contribution is -0.189. The highest BCUT2D eigenvalue weighted by molar-refractivity contribution is 6.11. The molecule has 0 bridgehead atoms. The van der Waals surface area contributed by atoms with Gasteiger partial charge in [-0.05, 0) is 37.8 Å². The lowest BCUT2D eigenvalue weighted by atomic mass is 9.88. The summed E-state index contributed by atoms with van der Waals surface area (Å²) in [5.41, 5.74) is 3.92. The van der Waals surface area contributed by atoms with E-state index in [4.69, 9.17) is 4.42 Å². The molecule has 1 aliphatic carbocycles. The van der Waals surface area contributed by atoms with Crippen LogP contribution in [-0.4, -0.2) is 5.78 Å². The highest BCUT2D eigenvalue weighted by Crippen LogP contribution is 2.36. The van der Waals surface area contributed by atoms with E-state index in [-0.39, 0.29) is 0 Å². The highest BCUT2D eigenvalue weighted by atomic mass is 16.4. The summed E-state index contributed by atoms with van der Waals surface area (Å²) < 4.78 is 5.84. The van der Waals surface area contributed by atoms with Gasteiger partial charge in [0.25, 0.3) is 0 Å². The second-order valence-electron chi connectivity index (χ2n) is 4.38. The summed E-state index contributed by atoms with van der Waals surface area (Å²) in [6, 6.07) is 10.3. The Morgan fingerprint density at radius 2 is 1.62 bits per heavy atom. The number of hydrogen-bond acceptors (Lipinski definition) is 0. The van der Waals surface area contributed by atoms with Crippen LogP contribution >= 0.6 is 0 Å². The Balaban J connectivity index is 2.07. The van der Waals surface area contributed by atoms with E-state index in [2.05, 4.69) is 30.8 Å². The third-order valence-electron chi connectivity index (χ3n) is 3.34. The summed E-state index contributed by atoms with van der Waals surface area (Å²) in [6.07, 6.45) is 4.80. The van der Waals surface area contributed by atoms with E-state index in [1.54, 1.807) is 0 Å². The maximum Gasteiger partial charge on any atom is 0.364 e. The number of ketones is 1. The average molecular weight is 211 g/mol. The van der Waals surface area contributed by atoms with Crippen molar-refractivity contribution in [2.24, 2.45) is 0 Å². The standard InChI is InChI=1S/C15H15O/c1-11-13-9-5-6-10-14(13)15(16-11)12-7-3-2-4-8-12/h2-4,7-8H,1,5-6,9-10H2/q+1. The quantitative estimate of drug-likeness (QED) is 0.626. The summed E-state index contributed by atoms with van der Waals surface area (Å²) in [5, 5.41) is 0. The molecule has 2 aliphatic rings. The van der Waals surface area contributed by atoms with Crippen molar-refractivity contribution in [1.29, 1.82) is 0 Å². The van der Waals surface area contributed by atoms with Crippen LogP contribution in [0.5, 0.6) is 0 Å². The Bertz CT molecular complexity index is 491. The fourth-order valence-corrected chi connectivity index (χ4v) is 2.53. The maximum absolute atomic E-state index is 5.84. The van der Waals surface area contributed by atoms with Crippen LogP contribution < -0.4 is 0 Å². The Morgan fingerprint density at radius 1 is 0.938 bits per heavy atom. The van der Waals surface area contributed by atoms with E-state index in [0.29, 0.717) is 0 Å². The monoisotopic (exact) mass is 211 g/mol. The molecule has 0 fully saturated rings. The van der Waals surface area contributed by atoms with Gasteiger partial charge >= 0.3 is 11.5 Å². The van der Waals surface area contributed by atoms with Gasteiger partial charge in [0.1, 0.15) is 0 Å². The lowest BCUT2D eigenvalue weighted by Crippen LogP contribution is -2.06. The highest BCUT2D eigenvalue weighted by Gasteiger charge is 2.37. The fourth-order valence-electron chi connectivity index (χ4n) is 2.53. The predicted molar refractivity (Wildman–Crippen MR) is 65.4 cm³/mol. The minimum atomic E-state index is 0.869. The molecule has 0 spiro atoms. The summed E-state index contributed by atoms with van der Waals surface area (Å²) in [5.74, 6) is 1.91. The van der Waals surface area contributed by atoms with Gasteiger partial charge in [-0.2, -0.15) is 0 Å². The zero-order valence-corrected chi connectivity index (χ0v) is 9.33. The van der Waals surface area contributed by atoms with E-state index < -0.39 is 0 Å². The lowest BCUT2D eigenvalue weighted by Gasteiger charge is -2.08. The minimum Gasteiger partial charge on any atom is -0.208 e. The molecule has 0 amide bonds.